The molecule has 4 rings (SSSR count). The lowest BCUT2D eigenvalue weighted by Crippen LogP contribution is -2.29. The Morgan fingerprint density at radius 3 is 2.59 bits per heavy atom. The summed E-state index contributed by atoms with van der Waals surface area (Å²) in [7, 11) is 0. The Balaban J connectivity index is 1.96. The molecule has 2 aromatic heterocycles. The van der Waals surface area contributed by atoms with E-state index in [1.165, 1.54) is 48.9 Å². The third-order valence-corrected chi connectivity index (χ3v) is 5.19. The third-order valence-electron chi connectivity index (χ3n) is 4.42. The van der Waals surface area contributed by atoms with E-state index >= 15 is 0 Å². The summed E-state index contributed by atoms with van der Waals surface area (Å²) >= 11 is 1.14. The minimum atomic E-state index is -1.06. The molecule has 0 saturated carbocycles. The zero-order valence-corrected chi connectivity index (χ0v) is 15.4. The van der Waals surface area contributed by atoms with Gasteiger partial charge in [0.15, 0.2) is 5.13 Å². The number of aromatic nitrogens is 2. The molecule has 1 saturated heterocycles. The summed E-state index contributed by atoms with van der Waals surface area (Å²) in [4.78, 5) is 45.4. The molecule has 3 heterocycles. The molecule has 1 fully saturated rings. The van der Waals surface area contributed by atoms with E-state index < -0.39 is 22.7 Å². The van der Waals surface area contributed by atoms with Gasteiger partial charge in [0.25, 0.3) is 11.5 Å². The predicted octanol–water partition coefficient (Wildman–Crippen LogP) is 3.07. The second-order valence-electron chi connectivity index (χ2n) is 6.07. The van der Waals surface area contributed by atoms with E-state index in [0.29, 0.717) is 11.1 Å². The minimum absolute atomic E-state index is 0.170. The van der Waals surface area contributed by atoms with E-state index in [1.54, 1.807) is 11.4 Å². The first-order valence-electron chi connectivity index (χ1n) is 8.34. The highest BCUT2D eigenvalue weighted by Gasteiger charge is 2.48. The number of nitro benzene ring substituents is 1. The van der Waals surface area contributed by atoms with Crippen LogP contribution in [0.3, 0.4) is 0 Å². The van der Waals surface area contributed by atoms with Gasteiger partial charge >= 0.3 is 5.91 Å². The lowest BCUT2D eigenvalue weighted by Gasteiger charge is -2.22. The number of hydrogen-bond donors (Lipinski definition) is 1. The van der Waals surface area contributed by atoms with Crippen LogP contribution in [0.25, 0.3) is 5.76 Å². The molecule has 1 aromatic carbocycles. The van der Waals surface area contributed by atoms with Gasteiger partial charge in [-0.25, -0.2) is 4.98 Å². The molecule has 9 nitrogen and oxygen atoms in total. The Morgan fingerprint density at radius 1 is 1.17 bits per heavy atom. The van der Waals surface area contributed by atoms with E-state index in [1.807, 2.05) is 0 Å². The van der Waals surface area contributed by atoms with Crippen LogP contribution in [0.15, 0.2) is 65.9 Å². The van der Waals surface area contributed by atoms with Crippen molar-refractivity contribution in [3.8, 4) is 0 Å². The number of anilines is 1. The van der Waals surface area contributed by atoms with Gasteiger partial charge in [-0.05, 0) is 17.7 Å². The number of pyridine rings is 1. The Labute approximate surface area is 167 Å². The van der Waals surface area contributed by atoms with Gasteiger partial charge in [0.1, 0.15) is 5.76 Å². The molecule has 0 bridgehead atoms. The number of hydrogen-bond acceptors (Lipinski definition) is 8. The van der Waals surface area contributed by atoms with Crippen LogP contribution in [0.5, 0.6) is 0 Å². The van der Waals surface area contributed by atoms with Gasteiger partial charge in [-0.15, -0.1) is 11.3 Å². The summed E-state index contributed by atoms with van der Waals surface area (Å²) in [6.07, 6.45) is 4.36. The van der Waals surface area contributed by atoms with Crippen molar-refractivity contribution >= 4 is 39.6 Å². The summed E-state index contributed by atoms with van der Waals surface area (Å²) in [5.74, 6) is -2.15. The van der Waals surface area contributed by atoms with Gasteiger partial charge in [0.05, 0.1) is 16.5 Å². The molecular formula is C19H12N4O5S. The van der Waals surface area contributed by atoms with Crippen molar-refractivity contribution < 1.29 is 19.6 Å². The number of amides is 1. The third kappa shape index (κ3) is 3.15. The van der Waals surface area contributed by atoms with Crippen molar-refractivity contribution in [1.82, 2.24) is 9.97 Å². The molecule has 144 valence electrons. The number of Topliss-reactive ketones (excluding diaryl/α,β-unsaturated/α-hetero) is 1. The van der Waals surface area contributed by atoms with Crippen LogP contribution in [-0.4, -0.2) is 31.7 Å². The van der Waals surface area contributed by atoms with Gasteiger partial charge in [0.2, 0.25) is 0 Å². The molecule has 1 atom stereocenters. The number of carbonyl (C=O) groups excluding carboxylic acids is 2. The first-order chi connectivity index (χ1) is 14.0. The van der Waals surface area contributed by atoms with E-state index in [4.69, 9.17) is 0 Å². The van der Waals surface area contributed by atoms with E-state index in [-0.39, 0.29) is 22.2 Å². The molecule has 1 unspecified atom stereocenters. The smallest absolute Gasteiger partial charge is 0.301 e. The Morgan fingerprint density at radius 2 is 1.93 bits per heavy atom. The molecule has 1 aliphatic heterocycles. The molecule has 3 aromatic rings. The molecule has 0 radical (unpaired) electrons. The highest BCUT2D eigenvalue weighted by Crippen LogP contribution is 2.43. The molecular weight excluding hydrogens is 396 g/mol. The maximum Gasteiger partial charge on any atom is 0.301 e. The molecule has 29 heavy (non-hydrogen) atoms. The second kappa shape index (κ2) is 7.24. The summed E-state index contributed by atoms with van der Waals surface area (Å²) in [6.45, 7) is 0. The van der Waals surface area contributed by atoms with E-state index in [2.05, 4.69) is 9.97 Å². The van der Waals surface area contributed by atoms with Crippen molar-refractivity contribution in [3.63, 3.8) is 0 Å². The fourth-order valence-corrected chi connectivity index (χ4v) is 3.82. The van der Waals surface area contributed by atoms with E-state index in [9.17, 15) is 24.8 Å². The molecule has 0 aliphatic carbocycles. The van der Waals surface area contributed by atoms with Crippen molar-refractivity contribution in [1.29, 1.82) is 0 Å². The van der Waals surface area contributed by atoms with Crippen LogP contribution >= 0.6 is 11.3 Å². The number of benzene rings is 1. The average molecular weight is 408 g/mol. The zero-order chi connectivity index (χ0) is 20.5. The van der Waals surface area contributed by atoms with Crippen LogP contribution < -0.4 is 4.90 Å². The number of aliphatic hydroxyl groups is 1. The largest absolute Gasteiger partial charge is 0.507 e. The number of nitrogens with zero attached hydrogens (tertiary/aromatic N) is 4. The van der Waals surface area contributed by atoms with Crippen LogP contribution in [0.4, 0.5) is 10.8 Å². The maximum absolute atomic E-state index is 12.8. The van der Waals surface area contributed by atoms with Crippen LogP contribution in [0.2, 0.25) is 0 Å². The minimum Gasteiger partial charge on any atom is -0.507 e. The van der Waals surface area contributed by atoms with Gasteiger partial charge in [0, 0.05) is 41.7 Å². The highest BCUT2D eigenvalue weighted by atomic mass is 32.1. The zero-order valence-electron chi connectivity index (χ0n) is 14.6. The Kier molecular flexibility index (Phi) is 4.61. The molecule has 1 amide bonds. The molecule has 10 heteroatoms. The number of thiazole rings is 1. The lowest BCUT2D eigenvalue weighted by molar-refractivity contribution is -0.384. The first-order valence-corrected chi connectivity index (χ1v) is 9.22. The monoisotopic (exact) mass is 408 g/mol. The number of non-ortho nitro benzene ring substituents is 1. The lowest BCUT2D eigenvalue weighted by atomic mass is 9.95. The summed E-state index contributed by atoms with van der Waals surface area (Å²) < 4.78 is 0. The number of nitro groups is 1. The van der Waals surface area contributed by atoms with Crippen molar-refractivity contribution in [2.24, 2.45) is 0 Å². The second-order valence-corrected chi connectivity index (χ2v) is 6.94. The van der Waals surface area contributed by atoms with Gasteiger partial charge < -0.3 is 5.11 Å². The van der Waals surface area contributed by atoms with Gasteiger partial charge in [-0.2, -0.15) is 0 Å². The molecule has 0 spiro atoms. The van der Waals surface area contributed by atoms with Crippen molar-refractivity contribution in [2.75, 3.05) is 4.90 Å². The SMILES string of the molecule is O=C1C(=O)N(c2nccs2)C(c2cccc([N+](=O)[O-])c2)/C1=C(\O)c1ccncc1. The fourth-order valence-electron chi connectivity index (χ4n) is 3.15. The first kappa shape index (κ1) is 18.4. The van der Waals surface area contributed by atoms with Crippen LogP contribution in [0.1, 0.15) is 17.2 Å². The summed E-state index contributed by atoms with van der Waals surface area (Å²) in [6, 6.07) is 7.53. The predicted molar refractivity (Wildman–Crippen MR) is 104 cm³/mol. The van der Waals surface area contributed by atoms with Crippen molar-refractivity contribution in [3.05, 3.63) is 87.2 Å². The Hall–Kier alpha value is -3.92. The number of ketones is 1. The van der Waals surface area contributed by atoms with Crippen LogP contribution in [0, 0.1) is 10.1 Å². The number of rotatable bonds is 4. The fraction of sp³-hybridized carbons (Fsp3) is 0.0526. The average Bonchev–Trinajstić information content (AvgIpc) is 3.35. The standard InChI is InChI=1S/C19H12N4O5S/c24-16(11-4-6-20-7-5-11)14-15(12-2-1-3-13(10-12)23(27)28)22(18(26)17(14)25)19-21-8-9-29-19/h1-10,15,24H/b16-14+. The number of carbonyl (C=O) groups is 2. The molecule has 1 N–H and O–H groups in total. The quantitative estimate of drug-likeness (QED) is 0.231. The van der Waals surface area contributed by atoms with Crippen molar-refractivity contribution in [2.45, 2.75) is 6.04 Å². The van der Waals surface area contributed by atoms with E-state index in [0.717, 1.165) is 16.2 Å². The highest BCUT2D eigenvalue weighted by molar-refractivity contribution is 7.14. The molecule has 1 aliphatic rings. The Bertz CT molecular complexity index is 1140. The summed E-state index contributed by atoms with van der Waals surface area (Å²) in [5, 5.41) is 23.9. The van der Waals surface area contributed by atoms with Crippen LogP contribution in [-0.2, 0) is 9.59 Å². The van der Waals surface area contributed by atoms with Gasteiger partial charge in [-0.3, -0.25) is 29.6 Å². The normalized spacial score (nSPS) is 18.2. The maximum atomic E-state index is 12.8. The topological polar surface area (TPSA) is 127 Å². The number of aliphatic hydroxyl groups excluding tert-OH is 1. The summed E-state index contributed by atoms with van der Waals surface area (Å²) in [5.41, 5.74) is 0.241. The van der Waals surface area contributed by atoms with Gasteiger partial charge in [-0.1, -0.05) is 12.1 Å².